The first-order valence-electron chi connectivity index (χ1n) is 11.1. The van der Waals surface area contributed by atoms with E-state index in [0.29, 0.717) is 0 Å². The summed E-state index contributed by atoms with van der Waals surface area (Å²) in [4.78, 5) is 3.66. The second-order valence-corrected chi connectivity index (χ2v) is 12.4. The summed E-state index contributed by atoms with van der Waals surface area (Å²) in [5, 5.41) is 8.48. The van der Waals surface area contributed by atoms with Crippen molar-refractivity contribution in [2.75, 3.05) is 0 Å². The molecular weight excluding hydrogens is 402 g/mol. The zero-order valence-corrected chi connectivity index (χ0v) is 18.5. The van der Waals surface area contributed by atoms with Crippen LogP contribution < -0.4 is 20.7 Å². The molecule has 1 aliphatic rings. The van der Waals surface area contributed by atoms with Crippen LogP contribution in [0.5, 0.6) is 0 Å². The Kier molecular flexibility index (Phi) is 3.64. The maximum Gasteiger partial charge on any atom is 0.180 e. The molecule has 0 saturated carbocycles. The Morgan fingerprint density at radius 2 is 1.06 bits per heavy atom. The van der Waals surface area contributed by atoms with Gasteiger partial charge in [-0.3, -0.25) is 0 Å². The van der Waals surface area contributed by atoms with Crippen LogP contribution >= 0.6 is 0 Å². The van der Waals surface area contributed by atoms with Gasteiger partial charge >= 0.3 is 0 Å². The van der Waals surface area contributed by atoms with E-state index >= 15 is 0 Å². The van der Waals surface area contributed by atoms with Crippen molar-refractivity contribution in [3.8, 4) is 11.1 Å². The number of aromatic nitrogens is 1. The predicted molar refractivity (Wildman–Crippen MR) is 138 cm³/mol. The first-order chi connectivity index (χ1) is 15.9. The molecule has 0 radical (unpaired) electrons. The lowest BCUT2D eigenvalue weighted by Gasteiger charge is -2.31. The number of hydrogen-bond donors (Lipinski definition) is 1. The molecule has 1 N–H and O–H groups in total. The SMILES string of the molecule is c1ccc([Si]2(c3ccccc3)c3ccccc3-c3cc4[nH]c5ccccc5c4cc32)cc1. The Morgan fingerprint density at radius 3 is 1.81 bits per heavy atom. The predicted octanol–water partition coefficient (Wildman–Crippen LogP) is 4.68. The molecule has 5 aromatic carbocycles. The minimum Gasteiger partial charge on any atom is -0.354 e. The lowest BCUT2D eigenvalue weighted by molar-refractivity contribution is 1.55. The highest BCUT2D eigenvalue weighted by Crippen LogP contribution is 2.34. The highest BCUT2D eigenvalue weighted by atomic mass is 28.3. The summed E-state index contributed by atoms with van der Waals surface area (Å²) >= 11 is 0. The van der Waals surface area contributed by atoms with Crippen molar-refractivity contribution in [3.63, 3.8) is 0 Å². The fraction of sp³-hybridized carbons (Fsp3) is 0. The Labute approximate surface area is 188 Å². The van der Waals surface area contributed by atoms with Crippen molar-refractivity contribution in [2.45, 2.75) is 0 Å². The molecule has 2 heterocycles. The highest BCUT2D eigenvalue weighted by molar-refractivity contribution is 7.22. The molecule has 0 spiro atoms. The number of fused-ring (bicyclic) bond motifs is 6. The minimum atomic E-state index is -2.42. The molecule has 32 heavy (non-hydrogen) atoms. The quantitative estimate of drug-likeness (QED) is 0.389. The third-order valence-electron chi connectivity index (χ3n) is 7.08. The molecule has 0 aliphatic carbocycles. The van der Waals surface area contributed by atoms with Gasteiger partial charge in [0.25, 0.3) is 0 Å². The van der Waals surface area contributed by atoms with Crippen LogP contribution in [-0.2, 0) is 0 Å². The van der Waals surface area contributed by atoms with Crippen molar-refractivity contribution in [1.29, 1.82) is 0 Å². The molecular formula is C30H21NSi. The smallest absolute Gasteiger partial charge is 0.180 e. The zero-order valence-electron chi connectivity index (χ0n) is 17.5. The van der Waals surface area contributed by atoms with Crippen LogP contribution in [0.25, 0.3) is 32.9 Å². The highest BCUT2D eigenvalue weighted by Gasteiger charge is 2.48. The summed E-state index contributed by atoms with van der Waals surface area (Å²) < 4.78 is 0. The van der Waals surface area contributed by atoms with Gasteiger partial charge in [-0.2, -0.15) is 0 Å². The largest absolute Gasteiger partial charge is 0.354 e. The van der Waals surface area contributed by atoms with E-state index in [1.807, 2.05) is 0 Å². The Bertz CT molecular complexity index is 1570. The van der Waals surface area contributed by atoms with E-state index in [1.165, 1.54) is 53.7 Å². The first-order valence-corrected chi connectivity index (χ1v) is 13.1. The molecule has 0 bridgehead atoms. The first kappa shape index (κ1) is 17.8. The van der Waals surface area contributed by atoms with Crippen molar-refractivity contribution in [2.24, 2.45) is 0 Å². The van der Waals surface area contributed by atoms with Crippen LogP contribution in [0.1, 0.15) is 0 Å². The molecule has 0 amide bonds. The minimum absolute atomic E-state index is 1.20. The van der Waals surface area contributed by atoms with E-state index in [-0.39, 0.29) is 0 Å². The van der Waals surface area contributed by atoms with E-state index in [1.54, 1.807) is 0 Å². The number of H-pyrrole nitrogens is 1. The summed E-state index contributed by atoms with van der Waals surface area (Å²) in [6, 6.07) is 45.0. The zero-order chi connectivity index (χ0) is 21.1. The standard InChI is InChI=1S/C30H21NSi/c1-3-11-21(12-4-1)32(22-13-5-2-6-14-22)29-18-10-8-16-24(29)26-19-28-25(20-30(26)32)23-15-7-9-17-27(23)31-28/h1-20,31H. The number of rotatable bonds is 2. The topological polar surface area (TPSA) is 15.8 Å². The second kappa shape index (κ2) is 6.56. The molecule has 0 saturated heterocycles. The summed E-state index contributed by atoms with van der Waals surface area (Å²) in [5.74, 6) is 0. The summed E-state index contributed by atoms with van der Waals surface area (Å²) in [5.41, 5.74) is 5.17. The lowest BCUT2D eigenvalue weighted by Crippen LogP contribution is -2.72. The van der Waals surface area contributed by atoms with Crippen LogP contribution in [0.4, 0.5) is 0 Å². The third-order valence-corrected chi connectivity index (χ3v) is 11.9. The fourth-order valence-corrected chi connectivity index (χ4v) is 11.0. The van der Waals surface area contributed by atoms with Gasteiger partial charge in [-0.05, 0) is 44.0 Å². The fourth-order valence-electron chi connectivity index (χ4n) is 5.79. The van der Waals surface area contributed by atoms with Crippen LogP contribution in [-0.4, -0.2) is 13.1 Å². The maximum atomic E-state index is 3.66. The number of nitrogens with one attached hydrogen (secondary N) is 1. The molecule has 0 unspecified atom stereocenters. The molecule has 6 aromatic rings. The third kappa shape index (κ3) is 2.22. The van der Waals surface area contributed by atoms with Crippen molar-refractivity contribution in [3.05, 3.63) is 121 Å². The molecule has 1 aliphatic heterocycles. The van der Waals surface area contributed by atoms with Gasteiger partial charge in [0.15, 0.2) is 8.07 Å². The van der Waals surface area contributed by atoms with Crippen molar-refractivity contribution in [1.82, 2.24) is 4.98 Å². The average molecular weight is 424 g/mol. The number of hydrogen-bond acceptors (Lipinski definition) is 0. The van der Waals surface area contributed by atoms with Crippen LogP contribution in [0.3, 0.4) is 0 Å². The Morgan fingerprint density at radius 1 is 0.438 bits per heavy atom. The Hall–Kier alpha value is -3.88. The van der Waals surface area contributed by atoms with E-state index in [9.17, 15) is 0 Å². The number of para-hydroxylation sites is 1. The van der Waals surface area contributed by atoms with Crippen molar-refractivity contribution >= 4 is 50.6 Å². The second-order valence-electron chi connectivity index (χ2n) is 8.64. The molecule has 2 heteroatoms. The molecule has 0 atom stereocenters. The Balaban J connectivity index is 1.70. The monoisotopic (exact) mass is 423 g/mol. The molecule has 1 nitrogen and oxygen atoms in total. The van der Waals surface area contributed by atoms with Gasteiger partial charge in [0.05, 0.1) is 0 Å². The van der Waals surface area contributed by atoms with E-state index in [4.69, 9.17) is 0 Å². The van der Waals surface area contributed by atoms with Gasteiger partial charge in [0.1, 0.15) is 0 Å². The average Bonchev–Trinajstić information content (AvgIpc) is 3.37. The summed E-state index contributed by atoms with van der Waals surface area (Å²) in [6.07, 6.45) is 0. The maximum absolute atomic E-state index is 3.66. The van der Waals surface area contributed by atoms with Crippen LogP contribution in [0.15, 0.2) is 121 Å². The van der Waals surface area contributed by atoms with Gasteiger partial charge in [-0.15, -0.1) is 0 Å². The van der Waals surface area contributed by atoms with Gasteiger partial charge in [0.2, 0.25) is 0 Å². The van der Waals surface area contributed by atoms with Gasteiger partial charge in [0, 0.05) is 21.8 Å². The lowest BCUT2D eigenvalue weighted by atomic mass is 10.0. The van der Waals surface area contributed by atoms with Gasteiger partial charge in [-0.25, -0.2) is 0 Å². The molecule has 150 valence electrons. The van der Waals surface area contributed by atoms with Crippen molar-refractivity contribution < 1.29 is 0 Å². The van der Waals surface area contributed by atoms with Gasteiger partial charge in [-0.1, -0.05) is 109 Å². The molecule has 7 rings (SSSR count). The van der Waals surface area contributed by atoms with Gasteiger partial charge < -0.3 is 4.98 Å². The number of aromatic amines is 1. The van der Waals surface area contributed by atoms with Crippen LogP contribution in [0, 0.1) is 0 Å². The summed E-state index contributed by atoms with van der Waals surface area (Å²) in [6.45, 7) is 0. The van der Waals surface area contributed by atoms with E-state index in [0.717, 1.165) is 0 Å². The number of benzene rings is 5. The summed E-state index contributed by atoms with van der Waals surface area (Å²) in [7, 11) is -2.42. The van der Waals surface area contributed by atoms with Crippen LogP contribution in [0.2, 0.25) is 0 Å². The molecule has 1 aromatic heterocycles. The normalized spacial score (nSPS) is 13.9. The van der Waals surface area contributed by atoms with E-state index in [2.05, 4.69) is 126 Å². The van der Waals surface area contributed by atoms with E-state index < -0.39 is 8.07 Å². The molecule has 0 fully saturated rings.